The number of pyridine rings is 1. The van der Waals surface area contributed by atoms with Crippen molar-refractivity contribution in [2.45, 2.75) is 25.3 Å². The van der Waals surface area contributed by atoms with E-state index in [0.29, 0.717) is 23.8 Å². The average molecular weight is 383 g/mol. The number of sulfonamides is 1. The molecule has 0 saturated heterocycles. The molecule has 25 heavy (non-hydrogen) atoms. The molecule has 0 spiro atoms. The number of nitrogens with zero attached hydrogens (tertiary/aromatic N) is 2. The van der Waals surface area contributed by atoms with Gasteiger partial charge in [-0.05, 0) is 30.3 Å². The van der Waals surface area contributed by atoms with E-state index in [1.165, 1.54) is 34.8 Å². The van der Waals surface area contributed by atoms with Crippen LogP contribution in [0.2, 0.25) is 5.15 Å². The third-order valence-electron chi connectivity index (χ3n) is 3.59. The van der Waals surface area contributed by atoms with Crippen molar-refractivity contribution in [3.8, 4) is 0 Å². The van der Waals surface area contributed by atoms with E-state index in [-0.39, 0.29) is 17.1 Å². The second-order valence-electron chi connectivity index (χ2n) is 5.18. The van der Waals surface area contributed by atoms with Crippen LogP contribution in [0, 0.1) is 0 Å². The van der Waals surface area contributed by atoms with Gasteiger partial charge in [0.05, 0.1) is 10.5 Å². The lowest BCUT2D eigenvalue weighted by Crippen LogP contribution is -2.30. The SMILES string of the molecule is CCN(CC)S(=O)(=O)c1ccc(C(=O)OCc2ccc(Cl)nc2)cc1. The standard InChI is InChI=1S/C17H19ClN2O4S/c1-3-20(4-2)25(22,23)15-8-6-14(7-9-15)17(21)24-12-13-5-10-16(18)19-11-13/h5-11H,3-4,12H2,1-2H3. The van der Waals surface area contributed by atoms with Crippen LogP contribution < -0.4 is 0 Å². The Morgan fingerprint density at radius 2 is 1.76 bits per heavy atom. The Labute approximate surface area is 152 Å². The van der Waals surface area contributed by atoms with Gasteiger partial charge in [-0.3, -0.25) is 0 Å². The largest absolute Gasteiger partial charge is 0.457 e. The van der Waals surface area contributed by atoms with E-state index in [4.69, 9.17) is 16.3 Å². The number of carbonyl (C=O) groups excluding carboxylic acids is 1. The lowest BCUT2D eigenvalue weighted by atomic mass is 10.2. The van der Waals surface area contributed by atoms with E-state index < -0.39 is 16.0 Å². The molecular weight excluding hydrogens is 364 g/mol. The first-order valence-corrected chi connectivity index (χ1v) is 9.58. The van der Waals surface area contributed by atoms with Crippen LogP contribution in [0.25, 0.3) is 0 Å². The van der Waals surface area contributed by atoms with Gasteiger partial charge in [0.2, 0.25) is 10.0 Å². The molecule has 1 aromatic carbocycles. The maximum Gasteiger partial charge on any atom is 0.338 e. The number of benzene rings is 1. The van der Waals surface area contributed by atoms with Gasteiger partial charge in [-0.15, -0.1) is 0 Å². The quantitative estimate of drug-likeness (QED) is 0.543. The maximum absolute atomic E-state index is 12.4. The highest BCUT2D eigenvalue weighted by molar-refractivity contribution is 7.89. The fraction of sp³-hybridized carbons (Fsp3) is 0.294. The van der Waals surface area contributed by atoms with Gasteiger partial charge >= 0.3 is 5.97 Å². The number of hydrogen-bond donors (Lipinski definition) is 0. The fourth-order valence-corrected chi connectivity index (χ4v) is 3.77. The van der Waals surface area contributed by atoms with Crippen LogP contribution in [0.4, 0.5) is 0 Å². The average Bonchev–Trinajstić information content (AvgIpc) is 2.62. The number of hydrogen-bond acceptors (Lipinski definition) is 5. The number of halogens is 1. The third kappa shape index (κ3) is 4.78. The highest BCUT2D eigenvalue weighted by Crippen LogP contribution is 2.17. The Bertz CT molecular complexity index is 817. The van der Waals surface area contributed by atoms with Gasteiger partial charge in [-0.2, -0.15) is 4.31 Å². The predicted molar refractivity (Wildman–Crippen MR) is 94.9 cm³/mol. The summed E-state index contributed by atoms with van der Waals surface area (Å²) in [6.45, 7) is 4.38. The molecular formula is C17H19ClN2O4S. The van der Waals surface area contributed by atoms with E-state index in [0.717, 1.165) is 0 Å². The first kappa shape index (κ1) is 19.4. The zero-order valence-corrected chi connectivity index (χ0v) is 15.5. The van der Waals surface area contributed by atoms with Crippen LogP contribution in [0.1, 0.15) is 29.8 Å². The van der Waals surface area contributed by atoms with Crippen molar-refractivity contribution in [2.24, 2.45) is 0 Å². The van der Waals surface area contributed by atoms with Crippen molar-refractivity contribution in [3.05, 3.63) is 58.9 Å². The summed E-state index contributed by atoms with van der Waals surface area (Å²) in [5, 5.41) is 0.361. The third-order valence-corrected chi connectivity index (χ3v) is 5.88. The first-order valence-electron chi connectivity index (χ1n) is 7.76. The Balaban J connectivity index is 2.06. The monoisotopic (exact) mass is 382 g/mol. The summed E-state index contributed by atoms with van der Waals surface area (Å²) in [6.07, 6.45) is 1.52. The van der Waals surface area contributed by atoms with Gasteiger partial charge in [0.1, 0.15) is 11.8 Å². The second kappa shape index (κ2) is 8.42. The summed E-state index contributed by atoms with van der Waals surface area (Å²) in [6, 6.07) is 9.03. The topological polar surface area (TPSA) is 76.6 Å². The van der Waals surface area contributed by atoms with Crippen molar-refractivity contribution in [1.82, 2.24) is 9.29 Å². The summed E-state index contributed by atoms with van der Waals surface area (Å²) in [4.78, 5) is 16.1. The molecule has 0 aliphatic rings. The molecule has 1 aromatic heterocycles. The van der Waals surface area contributed by atoms with Crippen LogP contribution >= 0.6 is 11.6 Å². The Kier molecular flexibility index (Phi) is 6.52. The van der Waals surface area contributed by atoms with Crippen LogP contribution in [0.3, 0.4) is 0 Å². The number of carbonyl (C=O) groups is 1. The van der Waals surface area contributed by atoms with Crippen molar-refractivity contribution in [1.29, 1.82) is 0 Å². The summed E-state index contributed by atoms with van der Waals surface area (Å²) < 4.78 is 31.4. The molecule has 6 nitrogen and oxygen atoms in total. The number of aromatic nitrogens is 1. The first-order chi connectivity index (χ1) is 11.9. The lowest BCUT2D eigenvalue weighted by Gasteiger charge is -2.18. The van der Waals surface area contributed by atoms with E-state index in [1.54, 1.807) is 26.0 Å². The molecule has 0 aliphatic carbocycles. The molecule has 0 atom stereocenters. The normalized spacial score (nSPS) is 11.5. The number of ether oxygens (including phenoxy) is 1. The van der Waals surface area contributed by atoms with Crippen molar-refractivity contribution >= 4 is 27.6 Å². The zero-order valence-electron chi connectivity index (χ0n) is 14.0. The summed E-state index contributed by atoms with van der Waals surface area (Å²) >= 11 is 5.69. The Morgan fingerprint density at radius 3 is 2.28 bits per heavy atom. The van der Waals surface area contributed by atoms with Gasteiger partial charge in [-0.25, -0.2) is 18.2 Å². The Hall–Kier alpha value is -1.96. The highest BCUT2D eigenvalue weighted by atomic mass is 35.5. The molecule has 0 N–H and O–H groups in total. The molecule has 0 amide bonds. The Morgan fingerprint density at radius 1 is 1.12 bits per heavy atom. The molecule has 2 aromatic rings. The number of esters is 1. The molecule has 0 fully saturated rings. The molecule has 0 bridgehead atoms. The molecule has 0 saturated carbocycles. The molecule has 0 unspecified atom stereocenters. The van der Waals surface area contributed by atoms with E-state index in [9.17, 15) is 13.2 Å². The minimum Gasteiger partial charge on any atom is -0.457 e. The molecule has 0 aliphatic heterocycles. The molecule has 1 heterocycles. The van der Waals surface area contributed by atoms with Gasteiger partial charge in [0, 0.05) is 24.8 Å². The lowest BCUT2D eigenvalue weighted by molar-refractivity contribution is 0.0472. The second-order valence-corrected chi connectivity index (χ2v) is 7.50. The molecule has 0 radical (unpaired) electrons. The van der Waals surface area contributed by atoms with E-state index >= 15 is 0 Å². The minimum atomic E-state index is -3.54. The molecule has 2 rings (SSSR count). The van der Waals surface area contributed by atoms with Gasteiger partial charge < -0.3 is 4.74 Å². The minimum absolute atomic E-state index is 0.0580. The summed E-state index contributed by atoms with van der Waals surface area (Å²) in [5.41, 5.74) is 0.985. The van der Waals surface area contributed by atoms with Crippen LogP contribution in [0.15, 0.2) is 47.5 Å². The fourth-order valence-electron chi connectivity index (χ4n) is 2.20. The zero-order chi connectivity index (χ0) is 18.4. The van der Waals surface area contributed by atoms with Crippen LogP contribution in [-0.2, 0) is 21.4 Å². The molecule has 8 heteroatoms. The number of rotatable bonds is 7. The van der Waals surface area contributed by atoms with E-state index in [1.807, 2.05) is 0 Å². The van der Waals surface area contributed by atoms with E-state index in [2.05, 4.69) is 4.98 Å². The maximum atomic E-state index is 12.4. The van der Waals surface area contributed by atoms with Crippen molar-refractivity contribution in [2.75, 3.05) is 13.1 Å². The highest BCUT2D eigenvalue weighted by Gasteiger charge is 2.21. The van der Waals surface area contributed by atoms with Crippen LogP contribution in [-0.4, -0.2) is 36.8 Å². The van der Waals surface area contributed by atoms with Gasteiger partial charge in [0.25, 0.3) is 0 Å². The van der Waals surface area contributed by atoms with Gasteiger partial charge in [0.15, 0.2) is 0 Å². The predicted octanol–water partition coefficient (Wildman–Crippen LogP) is 3.12. The van der Waals surface area contributed by atoms with Crippen molar-refractivity contribution < 1.29 is 17.9 Å². The molecule has 134 valence electrons. The van der Waals surface area contributed by atoms with Gasteiger partial charge in [-0.1, -0.05) is 31.5 Å². The summed E-state index contributed by atoms with van der Waals surface area (Å²) in [7, 11) is -3.54. The smallest absolute Gasteiger partial charge is 0.338 e. The summed E-state index contributed by atoms with van der Waals surface area (Å²) in [5.74, 6) is -0.540. The van der Waals surface area contributed by atoms with Crippen molar-refractivity contribution in [3.63, 3.8) is 0 Å². The van der Waals surface area contributed by atoms with Crippen LogP contribution in [0.5, 0.6) is 0 Å².